The van der Waals surface area contributed by atoms with Crippen LogP contribution < -0.4 is 5.32 Å². The highest BCUT2D eigenvalue weighted by Gasteiger charge is 2.11. The Balaban J connectivity index is 1.65. The first kappa shape index (κ1) is 20.1. The van der Waals surface area contributed by atoms with Crippen molar-refractivity contribution in [1.82, 2.24) is 5.32 Å². The van der Waals surface area contributed by atoms with Gasteiger partial charge in [-0.15, -0.1) is 11.8 Å². The second-order valence-corrected chi connectivity index (χ2v) is 6.90. The maximum absolute atomic E-state index is 11.9. The van der Waals surface area contributed by atoms with Crippen LogP contribution in [0.1, 0.15) is 22.8 Å². The molecule has 6 heteroatoms. The fourth-order valence-electron chi connectivity index (χ4n) is 2.00. The average molecular weight is 390 g/mol. The SMILES string of the molecule is CC(CNC(=O)/C=C\SCc1ccc(Cl)cc1)OC(=O)c1ccccc1. The summed E-state index contributed by atoms with van der Waals surface area (Å²) in [6.07, 6.45) is 1.05. The average Bonchev–Trinajstić information content (AvgIpc) is 2.65. The summed E-state index contributed by atoms with van der Waals surface area (Å²) in [7, 11) is 0. The van der Waals surface area contributed by atoms with Crippen molar-refractivity contribution >= 4 is 35.2 Å². The zero-order chi connectivity index (χ0) is 18.8. The van der Waals surface area contributed by atoms with Gasteiger partial charge in [0.1, 0.15) is 6.10 Å². The Morgan fingerprint density at radius 3 is 2.54 bits per heavy atom. The molecule has 0 aliphatic carbocycles. The van der Waals surface area contributed by atoms with E-state index >= 15 is 0 Å². The Morgan fingerprint density at radius 1 is 1.15 bits per heavy atom. The first-order valence-corrected chi connectivity index (χ1v) is 9.53. The van der Waals surface area contributed by atoms with E-state index in [4.69, 9.17) is 16.3 Å². The Bertz CT molecular complexity index is 747. The highest BCUT2D eigenvalue weighted by Crippen LogP contribution is 2.16. The number of amides is 1. The summed E-state index contributed by atoms with van der Waals surface area (Å²) in [5.74, 6) is 0.129. The van der Waals surface area contributed by atoms with Gasteiger partial charge in [-0.05, 0) is 42.2 Å². The van der Waals surface area contributed by atoms with Crippen LogP contribution in [0.5, 0.6) is 0 Å². The van der Waals surface area contributed by atoms with E-state index in [1.807, 2.05) is 30.3 Å². The van der Waals surface area contributed by atoms with Gasteiger partial charge in [-0.3, -0.25) is 4.79 Å². The smallest absolute Gasteiger partial charge is 0.338 e. The summed E-state index contributed by atoms with van der Waals surface area (Å²) >= 11 is 7.35. The maximum Gasteiger partial charge on any atom is 0.338 e. The number of ether oxygens (including phenoxy) is 1. The number of rotatable bonds is 8. The Labute approximate surface area is 162 Å². The van der Waals surface area contributed by atoms with Gasteiger partial charge < -0.3 is 10.1 Å². The number of thioether (sulfide) groups is 1. The number of esters is 1. The highest BCUT2D eigenvalue weighted by atomic mass is 35.5. The quantitative estimate of drug-likeness (QED) is 0.535. The lowest BCUT2D eigenvalue weighted by Gasteiger charge is -2.13. The molecule has 0 aliphatic rings. The van der Waals surface area contributed by atoms with E-state index in [1.54, 1.807) is 36.6 Å². The van der Waals surface area contributed by atoms with Crippen molar-refractivity contribution in [3.63, 3.8) is 0 Å². The number of hydrogen-bond acceptors (Lipinski definition) is 4. The van der Waals surface area contributed by atoms with Gasteiger partial charge in [0.05, 0.1) is 12.1 Å². The van der Waals surface area contributed by atoms with Crippen molar-refractivity contribution in [3.8, 4) is 0 Å². The van der Waals surface area contributed by atoms with Gasteiger partial charge in [0.15, 0.2) is 0 Å². The zero-order valence-corrected chi connectivity index (χ0v) is 15.9. The predicted molar refractivity (Wildman–Crippen MR) is 106 cm³/mol. The van der Waals surface area contributed by atoms with Crippen LogP contribution in [-0.4, -0.2) is 24.5 Å². The maximum atomic E-state index is 11.9. The molecule has 0 spiro atoms. The minimum atomic E-state index is -0.415. The van der Waals surface area contributed by atoms with E-state index in [0.29, 0.717) is 10.6 Å². The third-order valence-electron chi connectivity index (χ3n) is 3.36. The lowest BCUT2D eigenvalue weighted by molar-refractivity contribution is -0.116. The Hall–Kier alpha value is -2.24. The zero-order valence-electron chi connectivity index (χ0n) is 14.4. The monoisotopic (exact) mass is 389 g/mol. The first-order chi connectivity index (χ1) is 12.5. The predicted octanol–water partition coefficient (Wildman–Crippen LogP) is 4.45. The van der Waals surface area contributed by atoms with Gasteiger partial charge in [-0.2, -0.15) is 0 Å². The van der Waals surface area contributed by atoms with Crippen LogP contribution in [-0.2, 0) is 15.3 Å². The molecule has 0 aromatic heterocycles. The fraction of sp³-hybridized carbons (Fsp3) is 0.200. The second kappa shape index (κ2) is 10.7. The molecule has 0 fully saturated rings. The molecule has 1 atom stereocenters. The van der Waals surface area contributed by atoms with Crippen LogP contribution in [0.4, 0.5) is 0 Å². The van der Waals surface area contributed by atoms with E-state index in [1.165, 1.54) is 17.8 Å². The molecule has 1 N–H and O–H groups in total. The van der Waals surface area contributed by atoms with Crippen LogP contribution in [0, 0.1) is 0 Å². The summed E-state index contributed by atoms with van der Waals surface area (Å²) in [4.78, 5) is 23.7. The standard InChI is InChI=1S/C20H20ClNO3S/c1-15(25-20(24)17-5-3-2-4-6-17)13-22-19(23)11-12-26-14-16-7-9-18(21)10-8-16/h2-12,15H,13-14H2,1H3,(H,22,23)/b12-11-. The molecule has 136 valence electrons. The molecule has 0 bridgehead atoms. The molecule has 0 radical (unpaired) electrons. The topological polar surface area (TPSA) is 55.4 Å². The van der Waals surface area contributed by atoms with Crippen LogP contribution in [0.25, 0.3) is 0 Å². The Kier molecular flexibility index (Phi) is 8.25. The molecule has 0 aliphatic heterocycles. The molecule has 2 aromatic rings. The minimum Gasteiger partial charge on any atom is -0.457 e. The normalized spacial score (nSPS) is 11.9. The number of hydrogen-bond donors (Lipinski definition) is 1. The van der Waals surface area contributed by atoms with E-state index < -0.39 is 12.1 Å². The number of carbonyl (C=O) groups is 2. The van der Waals surface area contributed by atoms with E-state index in [-0.39, 0.29) is 12.5 Å². The van der Waals surface area contributed by atoms with Crippen molar-refractivity contribution in [2.45, 2.75) is 18.8 Å². The number of benzene rings is 2. The summed E-state index contributed by atoms with van der Waals surface area (Å²) < 4.78 is 5.29. The lowest BCUT2D eigenvalue weighted by atomic mass is 10.2. The van der Waals surface area contributed by atoms with Crippen molar-refractivity contribution < 1.29 is 14.3 Å². The van der Waals surface area contributed by atoms with Crippen LogP contribution in [0.2, 0.25) is 5.02 Å². The van der Waals surface area contributed by atoms with Crippen LogP contribution >= 0.6 is 23.4 Å². The van der Waals surface area contributed by atoms with E-state index in [0.717, 1.165) is 11.3 Å². The summed E-state index contributed by atoms with van der Waals surface area (Å²) in [6, 6.07) is 16.3. The van der Waals surface area contributed by atoms with E-state index in [9.17, 15) is 9.59 Å². The summed E-state index contributed by atoms with van der Waals surface area (Å²) in [5, 5.41) is 5.16. The van der Waals surface area contributed by atoms with Crippen LogP contribution in [0.3, 0.4) is 0 Å². The molecular formula is C20H20ClNO3S. The molecule has 1 amide bonds. The van der Waals surface area contributed by atoms with E-state index in [2.05, 4.69) is 5.32 Å². The molecule has 2 rings (SSSR count). The highest BCUT2D eigenvalue weighted by molar-refractivity contribution is 8.01. The molecule has 2 aromatic carbocycles. The van der Waals surface area contributed by atoms with Crippen molar-refractivity contribution in [2.75, 3.05) is 6.54 Å². The van der Waals surface area contributed by atoms with Gasteiger partial charge in [0, 0.05) is 16.9 Å². The number of carbonyl (C=O) groups excluding carboxylic acids is 2. The Morgan fingerprint density at radius 2 is 1.85 bits per heavy atom. The molecule has 26 heavy (non-hydrogen) atoms. The third-order valence-corrected chi connectivity index (χ3v) is 4.44. The van der Waals surface area contributed by atoms with Crippen molar-refractivity contribution in [2.24, 2.45) is 0 Å². The first-order valence-electron chi connectivity index (χ1n) is 8.11. The third kappa shape index (κ3) is 7.33. The second-order valence-electron chi connectivity index (χ2n) is 5.57. The van der Waals surface area contributed by atoms with Gasteiger partial charge in [-0.1, -0.05) is 41.9 Å². The summed E-state index contributed by atoms with van der Waals surface area (Å²) in [5.41, 5.74) is 1.62. The lowest BCUT2D eigenvalue weighted by Crippen LogP contribution is -2.32. The summed E-state index contributed by atoms with van der Waals surface area (Å²) in [6.45, 7) is 1.99. The molecular weight excluding hydrogens is 370 g/mol. The molecule has 1 unspecified atom stereocenters. The van der Waals surface area contributed by atoms with Crippen molar-refractivity contribution in [1.29, 1.82) is 0 Å². The molecule has 4 nitrogen and oxygen atoms in total. The minimum absolute atomic E-state index is 0.226. The van der Waals surface area contributed by atoms with Crippen molar-refractivity contribution in [3.05, 3.63) is 82.2 Å². The van der Waals surface area contributed by atoms with Gasteiger partial charge >= 0.3 is 5.97 Å². The molecule has 0 heterocycles. The number of halogens is 1. The van der Waals surface area contributed by atoms with Gasteiger partial charge in [-0.25, -0.2) is 4.79 Å². The fourth-order valence-corrected chi connectivity index (χ4v) is 2.83. The number of nitrogens with one attached hydrogen (secondary N) is 1. The molecule has 0 saturated heterocycles. The van der Waals surface area contributed by atoms with Crippen LogP contribution in [0.15, 0.2) is 66.1 Å². The largest absolute Gasteiger partial charge is 0.457 e. The molecule has 0 saturated carbocycles. The van der Waals surface area contributed by atoms with Gasteiger partial charge in [0.2, 0.25) is 5.91 Å². The van der Waals surface area contributed by atoms with Gasteiger partial charge in [0.25, 0.3) is 0 Å².